The van der Waals surface area contributed by atoms with Crippen LogP contribution in [-0.4, -0.2) is 19.9 Å². The van der Waals surface area contributed by atoms with Gasteiger partial charge in [-0.2, -0.15) is 0 Å². The Morgan fingerprint density at radius 2 is 0.965 bits per heavy atom. The van der Waals surface area contributed by atoms with Gasteiger partial charge in [-0.05, 0) is 70.4 Å². The SMILES string of the molecule is c1ccc(-c2ccc(-c3nc(-c4ccc5ccc6sc7ccc8oc(-c9ccccc9)nc8c7c6c5c4)nc(-c4cccc5sc6ccccc6c45)n3)cc2)cc1. The summed E-state index contributed by atoms with van der Waals surface area (Å²) in [5.41, 5.74) is 7.74. The van der Waals surface area contributed by atoms with Gasteiger partial charge in [0.05, 0.1) is 0 Å². The van der Waals surface area contributed by atoms with Gasteiger partial charge in [0.1, 0.15) is 5.52 Å². The van der Waals surface area contributed by atoms with Crippen LogP contribution in [0.1, 0.15) is 0 Å². The molecule has 5 nitrogen and oxygen atoms in total. The van der Waals surface area contributed by atoms with E-state index in [2.05, 4.69) is 127 Å². The largest absolute Gasteiger partial charge is 0.436 e. The van der Waals surface area contributed by atoms with Crippen molar-refractivity contribution < 1.29 is 4.42 Å². The van der Waals surface area contributed by atoms with Crippen molar-refractivity contribution in [1.29, 1.82) is 0 Å². The molecule has 0 saturated carbocycles. The molecule has 0 atom stereocenters. The maximum atomic E-state index is 6.35. The van der Waals surface area contributed by atoms with Crippen molar-refractivity contribution in [2.75, 3.05) is 0 Å². The van der Waals surface area contributed by atoms with Crippen molar-refractivity contribution in [3.8, 4) is 56.7 Å². The molecular weight excluding hydrogens is 737 g/mol. The first kappa shape index (κ1) is 32.2. The van der Waals surface area contributed by atoms with Crippen molar-refractivity contribution in [1.82, 2.24) is 19.9 Å². The predicted molar refractivity (Wildman–Crippen MR) is 238 cm³/mol. The predicted octanol–water partition coefficient (Wildman–Crippen LogP) is 14.2. The summed E-state index contributed by atoms with van der Waals surface area (Å²) in [6, 6.07) is 59.2. The van der Waals surface area contributed by atoms with Gasteiger partial charge in [-0.3, -0.25) is 0 Å². The Kier molecular flexibility index (Phi) is 7.20. The van der Waals surface area contributed by atoms with Crippen LogP contribution in [-0.2, 0) is 0 Å². The molecule has 0 fully saturated rings. The minimum absolute atomic E-state index is 0.619. The van der Waals surface area contributed by atoms with E-state index in [0.717, 1.165) is 65.8 Å². The molecule has 266 valence electrons. The lowest BCUT2D eigenvalue weighted by Crippen LogP contribution is -2.00. The summed E-state index contributed by atoms with van der Waals surface area (Å²) in [6.45, 7) is 0. The van der Waals surface area contributed by atoms with Gasteiger partial charge in [0.2, 0.25) is 5.89 Å². The summed E-state index contributed by atoms with van der Waals surface area (Å²) >= 11 is 3.57. The fraction of sp³-hybridized carbons (Fsp3) is 0. The van der Waals surface area contributed by atoms with Gasteiger partial charge in [0, 0.05) is 62.6 Å². The molecule has 57 heavy (non-hydrogen) atoms. The Hall–Kier alpha value is -7.06. The number of benzene rings is 8. The molecule has 8 aromatic carbocycles. The molecule has 0 amide bonds. The Bertz CT molecular complexity index is 3520. The first-order valence-corrected chi connectivity index (χ1v) is 20.4. The van der Waals surface area contributed by atoms with Crippen LogP contribution in [0.3, 0.4) is 0 Å². The molecule has 4 heterocycles. The van der Waals surface area contributed by atoms with Crippen molar-refractivity contribution >= 4 is 84.9 Å². The highest BCUT2D eigenvalue weighted by Crippen LogP contribution is 2.44. The zero-order valence-electron chi connectivity index (χ0n) is 30.2. The molecule has 0 radical (unpaired) electrons. The maximum absolute atomic E-state index is 6.35. The van der Waals surface area contributed by atoms with Crippen molar-refractivity contribution in [3.63, 3.8) is 0 Å². The van der Waals surface area contributed by atoms with E-state index in [-0.39, 0.29) is 0 Å². The average Bonchev–Trinajstić information content (AvgIpc) is 4.00. The molecule has 0 unspecified atom stereocenters. The van der Waals surface area contributed by atoms with Crippen LogP contribution in [0.5, 0.6) is 0 Å². The second-order valence-corrected chi connectivity index (χ2v) is 16.3. The molecule has 12 aromatic rings. The standard InChI is InChI=1S/C50H28N4OS2/c1-3-10-29(11-4-1)30-18-21-32(22-19-30)47-52-48(54-49(53-47)36-15-9-17-40-43(36)35-14-7-8-16-39(35)56-40)34-23-20-31-24-26-41-44(37(31)28-34)45-42(57-41)27-25-38-46(45)51-50(55-38)33-12-5-2-6-13-33/h1-28H. The minimum atomic E-state index is 0.619. The van der Waals surface area contributed by atoms with Gasteiger partial charge < -0.3 is 4.42 Å². The first-order chi connectivity index (χ1) is 28.2. The summed E-state index contributed by atoms with van der Waals surface area (Å²) in [5.74, 6) is 2.51. The number of hydrogen-bond donors (Lipinski definition) is 0. The number of aromatic nitrogens is 4. The van der Waals surface area contributed by atoms with Gasteiger partial charge >= 0.3 is 0 Å². The lowest BCUT2D eigenvalue weighted by Gasteiger charge is -2.11. The molecular formula is C50H28N4OS2. The van der Waals surface area contributed by atoms with E-state index in [0.29, 0.717) is 23.4 Å². The monoisotopic (exact) mass is 764 g/mol. The number of thiophene rings is 2. The number of fused-ring (bicyclic) bond motifs is 10. The van der Waals surface area contributed by atoms with Crippen LogP contribution in [0.25, 0.3) is 119 Å². The van der Waals surface area contributed by atoms with Crippen LogP contribution >= 0.6 is 22.7 Å². The fourth-order valence-corrected chi connectivity index (χ4v) is 10.3. The third-order valence-electron chi connectivity index (χ3n) is 10.8. The van der Waals surface area contributed by atoms with Gasteiger partial charge in [0.25, 0.3) is 0 Å². The number of nitrogens with zero attached hydrogens (tertiary/aromatic N) is 4. The van der Waals surface area contributed by atoms with E-state index < -0.39 is 0 Å². The Balaban J connectivity index is 1.08. The number of hydrogen-bond acceptors (Lipinski definition) is 7. The van der Waals surface area contributed by atoms with Gasteiger partial charge in [-0.1, -0.05) is 121 Å². The molecule has 0 spiro atoms. The van der Waals surface area contributed by atoms with Crippen LogP contribution in [0, 0.1) is 0 Å². The van der Waals surface area contributed by atoms with Gasteiger partial charge in [-0.15, -0.1) is 22.7 Å². The highest BCUT2D eigenvalue weighted by atomic mass is 32.1. The van der Waals surface area contributed by atoms with Crippen LogP contribution < -0.4 is 0 Å². The average molecular weight is 765 g/mol. The normalized spacial score (nSPS) is 11.9. The van der Waals surface area contributed by atoms with E-state index in [4.69, 9.17) is 24.4 Å². The van der Waals surface area contributed by atoms with E-state index in [9.17, 15) is 0 Å². The zero-order valence-corrected chi connectivity index (χ0v) is 31.8. The Morgan fingerprint density at radius 1 is 0.368 bits per heavy atom. The van der Waals surface area contributed by atoms with Crippen LogP contribution in [0.4, 0.5) is 0 Å². The Labute approximate surface area is 334 Å². The third kappa shape index (κ3) is 5.28. The topological polar surface area (TPSA) is 64.7 Å². The zero-order chi connectivity index (χ0) is 37.5. The molecule has 4 aromatic heterocycles. The lowest BCUT2D eigenvalue weighted by atomic mass is 10.0. The molecule has 0 aliphatic carbocycles. The molecule has 0 aliphatic heterocycles. The van der Waals surface area contributed by atoms with Crippen molar-refractivity contribution in [2.45, 2.75) is 0 Å². The van der Waals surface area contributed by atoms with Crippen LogP contribution in [0.15, 0.2) is 174 Å². The van der Waals surface area contributed by atoms with E-state index in [1.165, 1.54) is 29.7 Å². The highest BCUT2D eigenvalue weighted by Gasteiger charge is 2.20. The molecule has 0 aliphatic rings. The van der Waals surface area contributed by atoms with Crippen molar-refractivity contribution in [3.05, 3.63) is 170 Å². The summed E-state index contributed by atoms with van der Waals surface area (Å²) in [7, 11) is 0. The van der Waals surface area contributed by atoms with E-state index in [1.807, 2.05) is 42.5 Å². The summed E-state index contributed by atoms with van der Waals surface area (Å²) in [6.07, 6.45) is 0. The summed E-state index contributed by atoms with van der Waals surface area (Å²) < 4.78 is 11.2. The van der Waals surface area contributed by atoms with E-state index in [1.54, 1.807) is 22.7 Å². The fourth-order valence-electron chi connectivity index (χ4n) is 8.06. The number of rotatable bonds is 5. The van der Waals surface area contributed by atoms with E-state index >= 15 is 0 Å². The maximum Gasteiger partial charge on any atom is 0.227 e. The Morgan fingerprint density at radius 3 is 1.81 bits per heavy atom. The molecule has 0 N–H and O–H groups in total. The molecule has 7 heteroatoms. The second kappa shape index (κ2) is 12.7. The number of oxazole rings is 1. The molecule has 12 rings (SSSR count). The quantitative estimate of drug-likeness (QED) is 0.175. The molecule has 0 bridgehead atoms. The minimum Gasteiger partial charge on any atom is -0.436 e. The molecule has 0 saturated heterocycles. The van der Waals surface area contributed by atoms with Crippen molar-refractivity contribution in [2.24, 2.45) is 0 Å². The summed E-state index contributed by atoms with van der Waals surface area (Å²) in [4.78, 5) is 20.8. The van der Waals surface area contributed by atoms with Crippen LogP contribution in [0.2, 0.25) is 0 Å². The third-order valence-corrected chi connectivity index (χ3v) is 13.0. The highest BCUT2D eigenvalue weighted by molar-refractivity contribution is 7.26. The first-order valence-electron chi connectivity index (χ1n) is 18.8. The summed E-state index contributed by atoms with van der Waals surface area (Å²) in [5, 5.41) is 6.89. The lowest BCUT2D eigenvalue weighted by molar-refractivity contribution is 0.620. The van der Waals surface area contributed by atoms with Gasteiger partial charge in [-0.25, -0.2) is 19.9 Å². The van der Waals surface area contributed by atoms with Gasteiger partial charge in [0.15, 0.2) is 23.1 Å². The second-order valence-electron chi connectivity index (χ2n) is 14.2. The smallest absolute Gasteiger partial charge is 0.227 e.